The average Bonchev–Trinajstić information content (AvgIpc) is 2.59. The zero-order valence-electron chi connectivity index (χ0n) is 10.1. The van der Waals surface area contributed by atoms with Gasteiger partial charge in [-0.1, -0.05) is 0 Å². The Balaban J connectivity index is 2.24. The van der Waals surface area contributed by atoms with E-state index in [4.69, 9.17) is 4.74 Å². The van der Waals surface area contributed by atoms with Gasteiger partial charge >= 0.3 is 6.09 Å². The van der Waals surface area contributed by atoms with Crippen molar-refractivity contribution in [3.05, 3.63) is 16.1 Å². The third kappa shape index (κ3) is 2.86. The van der Waals surface area contributed by atoms with Gasteiger partial charge in [0, 0.05) is 0 Å². The first-order valence-electron chi connectivity index (χ1n) is 5.21. The smallest absolute Gasteiger partial charge is 0.414 e. The van der Waals surface area contributed by atoms with Crippen LogP contribution in [0.5, 0.6) is 0 Å². The lowest BCUT2D eigenvalue weighted by Gasteiger charge is -2.19. The van der Waals surface area contributed by atoms with Crippen LogP contribution >= 0.6 is 22.6 Å². The number of nitrogens with one attached hydrogen (secondary N) is 1. The number of fused-ring (bicyclic) bond motifs is 1. The van der Waals surface area contributed by atoms with Gasteiger partial charge in [-0.2, -0.15) is 9.61 Å². The summed E-state index contributed by atoms with van der Waals surface area (Å²) in [5.74, 6) is 0.275. The fourth-order valence-corrected chi connectivity index (χ4v) is 1.76. The minimum Gasteiger partial charge on any atom is -0.444 e. The molecule has 96 valence electrons. The van der Waals surface area contributed by atoms with Crippen LogP contribution in [0.3, 0.4) is 0 Å². The second-order valence-electron chi connectivity index (χ2n) is 4.55. The van der Waals surface area contributed by atoms with Crippen molar-refractivity contribution >= 4 is 40.3 Å². The highest BCUT2D eigenvalue weighted by Gasteiger charge is 2.18. The van der Waals surface area contributed by atoms with E-state index in [1.54, 1.807) is 27.0 Å². The Labute approximate surface area is 117 Å². The Hall–Kier alpha value is -1.45. The molecular formula is C10H12IN5O2. The van der Waals surface area contributed by atoms with Crippen LogP contribution in [0.4, 0.5) is 10.7 Å². The molecule has 0 aliphatic rings. The lowest BCUT2D eigenvalue weighted by molar-refractivity contribution is 0.0634. The zero-order valence-corrected chi connectivity index (χ0v) is 12.3. The average molecular weight is 361 g/mol. The minimum absolute atomic E-state index is 0.275. The number of carbonyl (C=O) groups is 1. The van der Waals surface area contributed by atoms with Gasteiger partial charge in [-0.25, -0.2) is 14.8 Å². The molecule has 2 heterocycles. The van der Waals surface area contributed by atoms with E-state index in [-0.39, 0.29) is 5.95 Å². The van der Waals surface area contributed by atoms with Crippen LogP contribution < -0.4 is 5.32 Å². The van der Waals surface area contributed by atoms with Gasteiger partial charge in [-0.3, -0.25) is 5.32 Å². The highest BCUT2D eigenvalue weighted by atomic mass is 127. The first-order valence-corrected chi connectivity index (χ1v) is 6.29. The van der Waals surface area contributed by atoms with E-state index in [1.165, 1.54) is 10.8 Å². The Morgan fingerprint density at radius 2 is 2.17 bits per heavy atom. The molecule has 0 atom stereocenters. The molecule has 7 nitrogen and oxygen atoms in total. The van der Waals surface area contributed by atoms with Crippen molar-refractivity contribution in [1.29, 1.82) is 0 Å². The topological polar surface area (TPSA) is 81.4 Å². The monoisotopic (exact) mass is 361 g/mol. The molecule has 1 amide bonds. The van der Waals surface area contributed by atoms with Crippen molar-refractivity contribution in [2.24, 2.45) is 0 Å². The van der Waals surface area contributed by atoms with E-state index in [2.05, 4.69) is 43.0 Å². The van der Waals surface area contributed by atoms with Crippen molar-refractivity contribution in [3.63, 3.8) is 0 Å². The number of rotatable bonds is 1. The minimum atomic E-state index is -0.576. The number of hydrogen-bond donors (Lipinski definition) is 1. The van der Waals surface area contributed by atoms with Crippen LogP contribution in [0, 0.1) is 3.57 Å². The molecule has 2 rings (SSSR count). The summed E-state index contributed by atoms with van der Waals surface area (Å²) in [7, 11) is 0. The third-order valence-electron chi connectivity index (χ3n) is 1.87. The van der Waals surface area contributed by atoms with Gasteiger partial charge in [0.25, 0.3) is 0 Å². The quantitative estimate of drug-likeness (QED) is 0.787. The molecule has 8 heteroatoms. The predicted molar refractivity (Wildman–Crippen MR) is 73.4 cm³/mol. The second-order valence-corrected chi connectivity index (χ2v) is 5.71. The molecule has 0 saturated heterocycles. The molecule has 0 aliphatic heterocycles. The van der Waals surface area contributed by atoms with Gasteiger partial charge in [-0.15, -0.1) is 0 Å². The number of anilines is 1. The van der Waals surface area contributed by atoms with Crippen molar-refractivity contribution in [2.45, 2.75) is 26.4 Å². The summed E-state index contributed by atoms with van der Waals surface area (Å²) >= 11 is 2.11. The zero-order chi connectivity index (χ0) is 13.3. The summed E-state index contributed by atoms with van der Waals surface area (Å²) in [6, 6.07) is 0. The molecular weight excluding hydrogens is 349 g/mol. The molecule has 1 N–H and O–H groups in total. The summed E-state index contributed by atoms with van der Waals surface area (Å²) in [5.41, 5.74) is 0.0751. The van der Waals surface area contributed by atoms with Gasteiger partial charge in [0.05, 0.1) is 9.77 Å². The standard InChI is InChI=1S/C10H12IN5O2/c1-10(2,3)18-9(17)15-8-13-5-12-7-6(11)4-14-16(7)8/h4-5H,1-3H3,(H,12,13,15,17). The van der Waals surface area contributed by atoms with Crippen LogP contribution in [-0.2, 0) is 4.74 Å². The molecule has 0 radical (unpaired) electrons. The van der Waals surface area contributed by atoms with E-state index < -0.39 is 11.7 Å². The summed E-state index contributed by atoms with van der Waals surface area (Å²) in [5, 5.41) is 6.62. The number of amides is 1. The van der Waals surface area contributed by atoms with Crippen LogP contribution in [0.2, 0.25) is 0 Å². The number of ether oxygens (including phenoxy) is 1. The molecule has 18 heavy (non-hydrogen) atoms. The summed E-state index contributed by atoms with van der Waals surface area (Å²) in [6.45, 7) is 5.37. The molecule has 0 aliphatic carbocycles. The first-order chi connectivity index (χ1) is 8.37. The molecule has 2 aromatic heterocycles. The Morgan fingerprint density at radius 3 is 2.83 bits per heavy atom. The molecule has 0 saturated carbocycles. The molecule has 2 aromatic rings. The number of halogens is 1. The second kappa shape index (κ2) is 4.67. The number of nitrogens with zero attached hydrogens (tertiary/aromatic N) is 4. The normalized spacial score (nSPS) is 11.6. The van der Waals surface area contributed by atoms with Gasteiger partial charge in [0.15, 0.2) is 5.65 Å². The third-order valence-corrected chi connectivity index (χ3v) is 2.64. The number of hydrogen-bond acceptors (Lipinski definition) is 5. The van der Waals surface area contributed by atoms with Crippen molar-refractivity contribution in [2.75, 3.05) is 5.32 Å². The molecule has 0 unspecified atom stereocenters. The largest absolute Gasteiger partial charge is 0.444 e. The van der Waals surface area contributed by atoms with E-state index in [0.717, 1.165) is 3.57 Å². The maximum absolute atomic E-state index is 11.6. The Morgan fingerprint density at radius 1 is 1.44 bits per heavy atom. The lowest BCUT2D eigenvalue weighted by atomic mass is 10.2. The number of carbonyl (C=O) groups excluding carboxylic acids is 1. The first kappa shape index (κ1) is 13.0. The molecule has 0 bridgehead atoms. The van der Waals surface area contributed by atoms with Gasteiger partial charge in [0.2, 0.25) is 5.95 Å². The Bertz CT molecular complexity index is 589. The van der Waals surface area contributed by atoms with Gasteiger partial charge in [-0.05, 0) is 43.4 Å². The van der Waals surface area contributed by atoms with E-state index in [0.29, 0.717) is 5.65 Å². The summed E-state index contributed by atoms with van der Waals surface area (Å²) in [6.07, 6.45) is 2.43. The van der Waals surface area contributed by atoms with Crippen LogP contribution in [-0.4, -0.2) is 31.3 Å². The lowest BCUT2D eigenvalue weighted by Crippen LogP contribution is -2.28. The summed E-state index contributed by atoms with van der Waals surface area (Å²) < 4.78 is 7.47. The predicted octanol–water partition coefficient (Wildman–Crippen LogP) is 2.08. The van der Waals surface area contributed by atoms with E-state index >= 15 is 0 Å². The van der Waals surface area contributed by atoms with Crippen molar-refractivity contribution in [1.82, 2.24) is 19.6 Å². The van der Waals surface area contributed by atoms with E-state index in [9.17, 15) is 4.79 Å². The highest BCUT2D eigenvalue weighted by molar-refractivity contribution is 14.1. The fourth-order valence-electron chi connectivity index (χ4n) is 1.27. The maximum atomic E-state index is 11.6. The SMILES string of the molecule is CC(C)(C)OC(=O)Nc1ncnc2c(I)cnn12. The molecule has 0 aromatic carbocycles. The fraction of sp³-hybridized carbons (Fsp3) is 0.400. The van der Waals surface area contributed by atoms with Gasteiger partial charge < -0.3 is 4.74 Å². The summed E-state index contributed by atoms with van der Waals surface area (Å²) in [4.78, 5) is 19.7. The molecule has 0 fully saturated rings. The van der Waals surface area contributed by atoms with Crippen LogP contribution in [0.15, 0.2) is 12.5 Å². The van der Waals surface area contributed by atoms with Crippen molar-refractivity contribution in [3.8, 4) is 0 Å². The van der Waals surface area contributed by atoms with Gasteiger partial charge in [0.1, 0.15) is 11.9 Å². The van der Waals surface area contributed by atoms with Crippen LogP contribution in [0.25, 0.3) is 5.65 Å². The molecule has 0 spiro atoms. The van der Waals surface area contributed by atoms with Crippen LogP contribution in [0.1, 0.15) is 20.8 Å². The number of aromatic nitrogens is 4. The maximum Gasteiger partial charge on any atom is 0.414 e. The van der Waals surface area contributed by atoms with Crippen molar-refractivity contribution < 1.29 is 9.53 Å². The highest BCUT2D eigenvalue weighted by Crippen LogP contribution is 2.14. The Kier molecular flexibility index (Phi) is 3.37. The van der Waals surface area contributed by atoms with E-state index in [1.807, 2.05) is 0 Å².